The Bertz CT molecular complexity index is 880. The van der Waals surface area contributed by atoms with Gasteiger partial charge in [-0.05, 0) is 49.4 Å². The van der Waals surface area contributed by atoms with Crippen molar-refractivity contribution in [1.29, 1.82) is 5.26 Å². The maximum absolute atomic E-state index is 13.0. The highest BCUT2D eigenvalue weighted by Gasteiger charge is 2.35. The van der Waals surface area contributed by atoms with Gasteiger partial charge in [-0.1, -0.05) is 43.6 Å². The number of rotatable bonds is 5. The summed E-state index contributed by atoms with van der Waals surface area (Å²) < 4.78 is 39.9. The van der Waals surface area contributed by atoms with Gasteiger partial charge < -0.3 is 10.4 Å². The predicted molar refractivity (Wildman–Crippen MR) is 123 cm³/mol. The molecular formula is C22H26BrF3N2O2S. The van der Waals surface area contributed by atoms with Crippen molar-refractivity contribution in [2.75, 3.05) is 11.1 Å². The molecule has 2 N–H and O–H groups in total. The van der Waals surface area contributed by atoms with Gasteiger partial charge in [-0.3, -0.25) is 4.79 Å². The van der Waals surface area contributed by atoms with Crippen LogP contribution >= 0.6 is 27.7 Å². The highest BCUT2D eigenvalue weighted by Crippen LogP contribution is 2.34. The zero-order chi connectivity index (χ0) is 24.2. The maximum atomic E-state index is 13.0. The molecule has 0 spiro atoms. The van der Waals surface area contributed by atoms with Crippen LogP contribution in [-0.2, 0) is 11.0 Å². The Morgan fingerprint density at radius 3 is 2.16 bits per heavy atom. The molecule has 1 amide bonds. The van der Waals surface area contributed by atoms with E-state index in [1.165, 1.54) is 30.8 Å². The molecule has 0 saturated heterocycles. The van der Waals surface area contributed by atoms with Crippen molar-refractivity contribution in [2.45, 2.75) is 51.3 Å². The van der Waals surface area contributed by atoms with E-state index in [0.29, 0.717) is 6.07 Å². The molecule has 4 nitrogen and oxygen atoms in total. The summed E-state index contributed by atoms with van der Waals surface area (Å²) >= 11 is 4.54. The molecule has 2 aromatic rings. The molecule has 0 aliphatic carbocycles. The highest BCUT2D eigenvalue weighted by atomic mass is 79.9. The molecule has 0 aromatic heterocycles. The van der Waals surface area contributed by atoms with Gasteiger partial charge in [0.1, 0.15) is 5.60 Å². The number of anilines is 1. The summed E-state index contributed by atoms with van der Waals surface area (Å²) in [4.78, 5) is 13.1. The fourth-order valence-electron chi connectivity index (χ4n) is 2.04. The number of aliphatic hydroxyl groups is 1. The largest absolute Gasteiger partial charge is 0.417 e. The third kappa shape index (κ3) is 9.33. The summed E-state index contributed by atoms with van der Waals surface area (Å²) in [6.45, 7) is 9.28. The Kier molecular flexibility index (Phi) is 12.5. The lowest BCUT2D eigenvalue weighted by atomic mass is 10.1. The summed E-state index contributed by atoms with van der Waals surface area (Å²) in [5.41, 5.74) is -3.66. The molecule has 0 heterocycles. The highest BCUT2D eigenvalue weighted by molar-refractivity contribution is 9.10. The van der Waals surface area contributed by atoms with Crippen LogP contribution in [0.25, 0.3) is 0 Å². The van der Waals surface area contributed by atoms with Gasteiger partial charge in [0.25, 0.3) is 5.91 Å². The smallest absolute Gasteiger partial charge is 0.379 e. The summed E-state index contributed by atoms with van der Waals surface area (Å²) in [5.74, 6) is -0.840. The van der Waals surface area contributed by atoms with Crippen molar-refractivity contribution in [1.82, 2.24) is 0 Å². The van der Waals surface area contributed by atoms with E-state index in [4.69, 9.17) is 5.26 Å². The molecule has 0 aliphatic heterocycles. The van der Waals surface area contributed by atoms with Crippen LogP contribution in [0.15, 0.2) is 51.8 Å². The number of hydrogen-bond acceptors (Lipinski definition) is 4. The summed E-state index contributed by atoms with van der Waals surface area (Å²) in [7, 11) is 0. The molecule has 1 atom stereocenters. The number of benzene rings is 2. The van der Waals surface area contributed by atoms with E-state index < -0.39 is 28.8 Å². The average molecular weight is 519 g/mol. The Balaban J connectivity index is 0.00000212. The molecule has 0 fully saturated rings. The molecule has 0 bridgehead atoms. The topological polar surface area (TPSA) is 73.1 Å². The minimum atomic E-state index is -4.73. The van der Waals surface area contributed by atoms with Crippen LogP contribution in [-0.4, -0.2) is 22.4 Å². The van der Waals surface area contributed by atoms with Crippen LogP contribution in [0.2, 0.25) is 0 Å². The maximum Gasteiger partial charge on any atom is 0.417 e. The van der Waals surface area contributed by atoms with Gasteiger partial charge in [-0.15, -0.1) is 11.8 Å². The van der Waals surface area contributed by atoms with E-state index >= 15 is 0 Å². The number of nitrogens with one attached hydrogen (secondary N) is 1. The van der Waals surface area contributed by atoms with Gasteiger partial charge in [0.2, 0.25) is 0 Å². The molecular weight excluding hydrogens is 493 g/mol. The van der Waals surface area contributed by atoms with Crippen molar-refractivity contribution in [3.8, 4) is 6.07 Å². The number of hydrogen-bond donors (Lipinski definition) is 2. The van der Waals surface area contributed by atoms with E-state index in [-0.39, 0.29) is 11.4 Å². The lowest BCUT2D eigenvalue weighted by molar-refractivity contribution is -0.137. The average Bonchev–Trinajstić information content (AvgIpc) is 2.75. The quantitative estimate of drug-likeness (QED) is 0.423. The minimum Gasteiger partial charge on any atom is -0.379 e. The van der Waals surface area contributed by atoms with Crippen LogP contribution in [0.1, 0.15) is 45.7 Å². The lowest BCUT2D eigenvalue weighted by Gasteiger charge is -2.22. The van der Waals surface area contributed by atoms with Crippen molar-refractivity contribution >= 4 is 39.3 Å². The van der Waals surface area contributed by atoms with E-state index in [2.05, 4.69) is 21.2 Å². The van der Waals surface area contributed by atoms with Crippen molar-refractivity contribution < 1.29 is 23.1 Å². The molecule has 0 saturated carbocycles. The van der Waals surface area contributed by atoms with Crippen molar-refractivity contribution in [3.05, 3.63) is 58.1 Å². The second-order valence-electron chi connectivity index (χ2n) is 5.84. The summed E-state index contributed by atoms with van der Waals surface area (Å²) in [6, 6.07) is 11.5. The van der Waals surface area contributed by atoms with Crippen LogP contribution in [0.3, 0.4) is 0 Å². The van der Waals surface area contributed by atoms with Crippen molar-refractivity contribution in [2.24, 2.45) is 0 Å². The minimum absolute atomic E-state index is 0.00285. The van der Waals surface area contributed by atoms with Gasteiger partial charge >= 0.3 is 6.18 Å². The fourth-order valence-corrected chi connectivity index (χ4v) is 3.21. The number of nitrogens with zero attached hydrogens (tertiary/aromatic N) is 1. The SMILES string of the molecule is CC.CC.CC(O)(CSc1ccc(Br)cc1)C(=O)Nc1ccc(C#N)c(C(F)(F)F)c1. The van der Waals surface area contributed by atoms with Crippen LogP contribution in [0.5, 0.6) is 0 Å². The number of halogens is 4. The van der Waals surface area contributed by atoms with Crippen LogP contribution in [0.4, 0.5) is 18.9 Å². The second kappa shape index (κ2) is 13.4. The molecule has 1 unspecified atom stereocenters. The Morgan fingerprint density at radius 1 is 1.13 bits per heavy atom. The van der Waals surface area contributed by atoms with E-state index in [1.54, 1.807) is 12.1 Å². The normalized spacial score (nSPS) is 12.2. The molecule has 2 aromatic carbocycles. The Hall–Kier alpha value is -2.02. The molecule has 2 rings (SSSR count). The Labute approximate surface area is 194 Å². The molecule has 9 heteroatoms. The fraction of sp³-hybridized carbons (Fsp3) is 0.364. The number of thioether (sulfide) groups is 1. The predicted octanol–water partition coefficient (Wildman–Crippen LogP) is 6.87. The molecule has 0 radical (unpaired) electrons. The van der Waals surface area contributed by atoms with E-state index in [9.17, 15) is 23.1 Å². The van der Waals surface area contributed by atoms with Gasteiger partial charge in [0, 0.05) is 20.8 Å². The van der Waals surface area contributed by atoms with Crippen molar-refractivity contribution in [3.63, 3.8) is 0 Å². The number of nitriles is 1. The summed E-state index contributed by atoms with van der Waals surface area (Å²) in [5, 5.41) is 21.4. The first kappa shape index (κ1) is 29.0. The van der Waals surface area contributed by atoms with E-state index in [0.717, 1.165) is 15.4 Å². The standard InChI is InChI=1S/C18H14BrF3N2O2S.2C2H6/c1-17(26,10-27-14-6-3-12(19)4-7-14)16(25)24-13-5-2-11(9-23)15(8-13)18(20,21)22;2*1-2/h2-8,26H,10H2,1H3,(H,24,25);2*1-2H3. The number of alkyl halides is 3. The third-order valence-corrected chi connectivity index (χ3v) is 5.37. The molecule has 170 valence electrons. The third-order valence-electron chi connectivity index (χ3n) is 3.53. The van der Waals surface area contributed by atoms with Gasteiger partial charge in [-0.2, -0.15) is 18.4 Å². The second-order valence-corrected chi connectivity index (χ2v) is 7.80. The monoisotopic (exact) mass is 518 g/mol. The number of carbonyl (C=O) groups is 1. The lowest BCUT2D eigenvalue weighted by Crippen LogP contribution is -2.42. The van der Waals surface area contributed by atoms with Gasteiger partial charge in [0.15, 0.2) is 0 Å². The van der Waals surface area contributed by atoms with Gasteiger partial charge in [0.05, 0.1) is 17.2 Å². The number of carbonyl (C=O) groups excluding carboxylic acids is 1. The number of amides is 1. The van der Waals surface area contributed by atoms with Gasteiger partial charge in [-0.25, -0.2) is 0 Å². The molecule has 31 heavy (non-hydrogen) atoms. The van der Waals surface area contributed by atoms with Crippen LogP contribution < -0.4 is 5.32 Å². The zero-order valence-corrected chi connectivity index (χ0v) is 20.4. The first-order valence-electron chi connectivity index (χ1n) is 9.56. The zero-order valence-electron chi connectivity index (χ0n) is 18.0. The summed E-state index contributed by atoms with van der Waals surface area (Å²) in [6.07, 6.45) is -4.73. The molecule has 0 aliphatic rings. The first-order chi connectivity index (χ1) is 14.5. The van der Waals surface area contributed by atoms with E-state index in [1.807, 2.05) is 39.8 Å². The Morgan fingerprint density at radius 2 is 1.68 bits per heavy atom. The first-order valence-corrected chi connectivity index (χ1v) is 11.3. The van der Waals surface area contributed by atoms with Crippen LogP contribution in [0, 0.1) is 11.3 Å².